The highest BCUT2D eigenvalue weighted by Crippen LogP contribution is 2.19. The van der Waals surface area contributed by atoms with Crippen LogP contribution in [-0.2, 0) is 6.61 Å². The number of benzene rings is 1. The summed E-state index contributed by atoms with van der Waals surface area (Å²) < 4.78 is 21.0. The predicted octanol–water partition coefficient (Wildman–Crippen LogP) is 2.28. The largest absolute Gasteiger partial charge is 0.484 e. The van der Waals surface area contributed by atoms with Crippen LogP contribution in [0, 0.1) is 5.82 Å². The van der Waals surface area contributed by atoms with Crippen molar-refractivity contribution < 1.29 is 14.3 Å². The van der Waals surface area contributed by atoms with Crippen molar-refractivity contribution in [3.05, 3.63) is 47.5 Å². The van der Waals surface area contributed by atoms with E-state index in [1.807, 2.05) is 26.1 Å². The van der Waals surface area contributed by atoms with Crippen molar-refractivity contribution in [3.63, 3.8) is 0 Å². The van der Waals surface area contributed by atoms with Crippen LogP contribution in [0.5, 0.6) is 5.75 Å². The fourth-order valence-electron chi connectivity index (χ4n) is 1.73. The molecule has 2 rings (SSSR count). The Morgan fingerprint density at radius 2 is 2.24 bits per heavy atom. The number of halogens is 1. The van der Waals surface area contributed by atoms with Crippen LogP contribution in [0.15, 0.2) is 35.6 Å². The molecule has 0 radical (unpaired) electrons. The molecule has 21 heavy (non-hydrogen) atoms. The van der Waals surface area contributed by atoms with E-state index in [4.69, 9.17) is 15.7 Å². The van der Waals surface area contributed by atoms with E-state index < -0.39 is 5.82 Å². The number of oxime groups is 1. The van der Waals surface area contributed by atoms with Crippen LogP contribution in [0.25, 0.3) is 0 Å². The van der Waals surface area contributed by atoms with Crippen molar-refractivity contribution in [1.82, 2.24) is 9.78 Å². The summed E-state index contributed by atoms with van der Waals surface area (Å²) in [5.74, 6) is -0.651. The molecule has 1 aromatic carbocycles. The zero-order chi connectivity index (χ0) is 15.4. The molecule has 0 aliphatic rings. The zero-order valence-corrected chi connectivity index (χ0v) is 11.8. The number of amidine groups is 1. The molecule has 2 aromatic rings. The molecule has 0 aliphatic heterocycles. The molecule has 1 heterocycles. The molecule has 0 saturated carbocycles. The highest BCUT2D eigenvalue weighted by atomic mass is 19.1. The quantitative estimate of drug-likeness (QED) is 0.383. The minimum absolute atomic E-state index is 0.0867. The standard InChI is InChI=1S/C14H17FN4O2/c1-9(2)19-6-5-11(17-19)8-21-13-4-3-10(7-12(13)15)14(16)18-20/h3-7,9,20H,8H2,1-2H3,(H2,16,18). The van der Waals surface area contributed by atoms with E-state index >= 15 is 0 Å². The first-order chi connectivity index (χ1) is 10.0. The molecule has 1 aromatic heterocycles. The highest BCUT2D eigenvalue weighted by molar-refractivity contribution is 5.97. The minimum atomic E-state index is -0.581. The topological polar surface area (TPSA) is 85.7 Å². The lowest BCUT2D eigenvalue weighted by Crippen LogP contribution is -2.13. The van der Waals surface area contributed by atoms with Crippen molar-refractivity contribution in [3.8, 4) is 5.75 Å². The molecule has 0 amide bonds. The highest BCUT2D eigenvalue weighted by Gasteiger charge is 2.09. The predicted molar refractivity (Wildman–Crippen MR) is 75.9 cm³/mol. The molecular formula is C14H17FN4O2. The van der Waals surface area contributed by atoms with Gasteiger partial charge >= 0.3 is 0 Å². The van der Waals surface area contributed by atoms with Gasteiger partial charge in [-0.25, -0.2) is 4.39 Å². The number of hydrogen-bond donors (Lipinski definition) is 2. The second-order valence-electron chi connectivity index (χ2n) is 4.80. The molecule has 6 nitrogen and oxygen atoms in total. The summed E-state index contributed by atoms with van der Waals surface area (Å²) in [6.45, 7) is 4.20. The summed E-state index contributed by atoms with van der Waals surface area (Å²) in [5.41, 5.74) is 6.38. The SMILES string of the molecule is CC(C)n1ccc(COc2ccc(/C(N)=N/O)cc2F)n1. The first-order valence-corrected chi connectivity index (χ1v) is 6.45. The number of ether oxygens (including phenoxy) is 1. The average molecular weight is 292 g/mol. The van der Waals surface area contributed by atoms with Gasteiger partial charge < -0.3 is 15.7 Å². The third kappa shape index (κ3) is 3.50. The first-order valence-electron chi connectivity index (χ1n) is 6.45. The molecule has 0 fully saturated rings. The number of hydrogen-bond acceptors (Lipinski definition) is 4. The Morgan fingerprint density at radius 3 is 2.81 bits per heavy atom. The van der Waals surface area contributed by atoms with Gasteiger partial charge in [0.25, 0.3) is 0 Å². The van der Waals surface area contributed by atoms with E-state index in [0.717, 1.165) is 6.07 Å². The summed E-state index contributed by atoms with van der Waals surface area (Å²) in [5, 5.41) is 15.7. The van der Waals surface area contributed by atoms with E-state index in [1.165, 1.54) is 12.1 Å². The van der Waals surface area contributed by atoms with Gasteiger partial charge in [0.05, 0.1) is 5.69 Å². The monoisotopic (exact) mass is 292 g/mol. The molecule has 0 spiro atoms. The van der Waals surface area contributed by atoms with E-state index in [9.17, 15) is 4.39 Å². The summed E-state index contributed by atoms with van der Waals surface area (Å²) >= 11 is 0. The lowest BCUT2D eigenvalue weighted by molar-refractivity contribution is 0.283. The normalized spacial score (nSPS) is 11.9. The van der Waals surface area contributed by atoms with Crippen molar-refractivity contribution in [1.29, 1.82) is 0 Å². The second kappa shape index (κ2) is 6.25. The van der Waals surface area contributed by atoms with Crippen LogP contribution in [0.3, 0.4) is 0 Å². The van der Waals surface area contributed by atoms with Gasteiger partial charge in [0.1, 0.15) is 6.61 Å². The number of nitrogens with two attached hydrogens (primary N) is 1. The first kappa shape index (κ1) is 14.8. The molecule has 0 aliphatic carbocycles. The van der Waals surface area contributed by atoms with Gasteiger partial charge in [0.2, 0.25) is 0 Å². The molecule has 7 heteroatoms. The van der Waals surface area contributed by atoms with Gasteiger partial charge in [0, 0.05) is 17.8 Å². The molecule has 112 valence electrons. The third-order valence-electron chi connectivity index (χ3n) is 2.90. The van der Waals surface area contributed by atoms with Crippen molar-refractivity contribution >= 4 is 5.84 Å². The van der Waals surface area contributed by atoms with E-state index in [2.05, 4.69) is 10.3 Å². The fourth-order valence-corrected chi connectivity index (χ4v) is 1.73. The lowest BCUT2D eigenvalue weighted by Gasteiger charge is -2.07. The lowest BCUT2D eigenvalue weighted by atomic mass is 10.2. The molecule has 0 bridgehead atoms. The van der Waals surface area contributed by atoms with Crippen LogP contribution < -0.4 is 10.5 Å². The minimum Gasteiger partial charge on any atom is -0.484 e. The van der Waals surface area contributed by atoms with Crippen molar-refractivity contribution in [2.24, 2.45) is 10.9 Å². The van der Waals surface area contributed by atoms with Gasteiger partial charge in [-0.3, -0.25) is 4.68 Å². The van der Waals surface area contributed by atoms with Gasteiger partial charge in [-0.1, -0.05) is 5.16 Å². The zero-order valence-electron chi connectivity index (χ0n) is 11.8. The molecule has 3 N–H and O–H groups in total. The molecule has 0 unspecified atom stereocenters. The van der Waals surface area contributed by atoms with Gasteiger partial charge in [-0.15, -0.1) is 0 Å². The molecule has 0 atom stereocenters. The van der Waals surface area contributed by atoms with Crippen molar-refractivity contribution in [2.75, 3.05) is 0 Å². The summed E-state index contributed by atoms with van der Waals surface area (Å²) in [4.78, 5) is 0. The van der Waals surface area contributed by atoms with Crippen molar-refractivity contribution in [2.45, 2.75) is 26.5 Å². The summed E-state index contributed by atoms with van der Waals surface area (Å²) in [6.07, 6.45) is 1.85. The Labute approximate surface area is 121 Å². The average Bonchev–Trinajstić information content (AvgIpc) is 2.94. The van der Waals surface area contributed by atoms with Crippen LogP contribution in [0.1, 0.15) is 31.1 Å². The maximum Gasteiger partial charge on any atom is 0.170 e. The number of nitrogens with zero attached hydrogens (tertiary/aromatic N) is 3. The molecule has 0 saturated heterocycles. The maximum atomic E-state index is 13.8. The van der Waals surface area contributed by atoms with Gasteiger partial charge in [-0.2, -0.15) is 5.10 Å². The number of aromatic nitrogens is 2. The maximum absolute atomic E-state index is 13.8. The smallest absolute Gasteiger partial charge is 0.170 e. The second-order valence-corrected chi connectivity index (χ2v) is 4.80. The Kier molecular flexibility index (Phi) is 4.42. The summed E-state index contributed by atoms with van der Waals surface area (Å²) in [6, 6.07) is 6.18. The van der Waals surface area contributed by atoms with Crippen LogP contribution in [0.2, 0.25) is 0 Å². The Morgan fingerprint density at radius 1 is 1.48 bits per heavy atom. The van der Waals surface area contributed by atoms with E-state index in [1.54, 1.807) is 4.68 Å². The van der Waals surface area contributed by atoms with Crippen LogP contribution in [0.4, 0.5) is 4.39 Å². The Hall–Kier alpha value is -2.57. The number of rotatable bonds is 5. The van der Waals surface area contributed by atoms with Crippen LogP contribution >= 0.6 is 0 Å². The van der Waals surface area contributed by atoms with E-state index in [0.29, 0.717) is 5.69 Å². The van der Waals surface area contributed by atoms with Gasteiger partial charge in [-0.05, 0) is 38.1 Å². The fraction of sp³-hybridized carbons (Fsp3) is 0.286. The van der Waals surface area contributed by atoms with Gasteiger partial charge in [0.15, 0.2) is 17.4 Å². The Bertz CT molecular complexity index is 652. The Balaban J connectivity index is 2.06. The summed E-state index contributed by atoms with van der Waals surface area (Å²) in [7, 11) is 0. The van der Waals surface area contributed by atoms with Crippen LogP contribution in [-0.4, -0.2) is 20.8 Å². The molecular weight excluding hydrogens is 275 g/mol. The third-order valence-corrected chi connectivity index (χ3v) is 2.90. The van der Waals surface area contributed by atoms with E-state index in [-0.39, 0.29) is 29.8 Å².